The van der Waals surface area contributed by atoms with Crippen molar-refractivity contribution in [1.29, 1.82) is 0 Å². The first kappa shape index (κ1) is 19.3. The van der Waals surface area contributed by atoms with Gasteiger partial charge in [-0.05, 0) is 52.3 Å². The Kier molecular flexibility index (Phi) is 6.45. The van der Waals surface area contributed by atoms with Crippen LogP contribution in [-0.4, -0.2) is 35.2 Å². The summed E-state index contributed by atoms with van der Waals surface area (Å²) in [6, 6.07) is 6.26. The Morgan fingerprint density at radius 1 is 1.22 bits per heavy atom. The van der Waals surface area contributed by atoms with Gasteiger partial charge < -0.3 is 19.5 Å². The summed E-state index contributed by atoms with van der Waals surface area (Å²) in [5, 5.41) is 12.0. The summed E-state index contributed by atoms with van der Waals surface area (Å²) in [5.41, 5.74) is -0.120. The SMILES string of the molecule is CC(C)N(C[C@@H](C(=O)[O-])c1ccc(Cl)cc1)C(=O)OC(C)(C)C. The first-order chi connectivity index (χ1) is 10.5. The molecule has 0 aliphatic heterocycles. The third-order valence-electron chi connectivity index (χ3n) is 3.19. The standard InChI is InChI=1S/C17H24ClNO4/c1-11(2)19(16(22)23-17(3,4)5)10-14(15(20)21)12-6-8-13(18)9-7-12/h6-9,11,14H,10H2,1-5H3,(H,20,21)/p-1/t14-/m1/s1. The van der Waals surface area contributed by atoms with Crippen LogP contribution in [0.4, 0.5) is 4.79 Å². The lowest BCUT2D eigenvalue weighted by Crippen LogP contribution is -2.46. The van der Waals surface area contributed by atoms with E-state index >= 15 is 0 Å². The summed E-state index contributed by atoms with van der Waals surface area (Å²) in [5.74, 6) is -2.20. The maximum atomic E-state index is 12.3. The van der Waals surface area contributed by atoms with E-state index in [1.54, 1.807) is 58.9 Å². The van der Waals surface area contributed by atoms with Gasteiger partial charge in [0.05, 0.1) is 5.97 Å². The predicted molar refractivity (Wildman–Crippen MR) is 87.3 cm³/mol. The average molecular weight is 341 g/mol. The summed E-state index contributed by atoms with van der Waals surface area (Å²) in [6.45, 7) is 8.86. The number of amides is 1. The molecule has 0 spiro atoms. The van der Waals surface area contributed by atoms with Crippen LogP contribution in [0.5, 0.6) is 0 Å². The number of halogens is 1. The largest absolute Gasteiger partial charge is 0.549 e. The molecule has 0 bridgehead atoms. The molecule has 0 aromatic heterocycles. The highest BCUT2D eigenvalue weighted by Crippen LogP contribution is 2.22. The minimum atomic E-state index is -1.25. The fraction of sp³-hybridized carbons (Fsp3) is 0.529. The van der Waals surface area contributed by atoms with Gasteiger partial charge in [-0.25, -0.2) is 4.79 Å². The number of carbonyl (C=O) groups excluding carboxylic acids is 2. The van der Waals surface area contributed by atoms with Crippen LogP contribution in [0, 0.1) is 0 Å². The van der Waals surface area contributed by atoms with Crippen molar-refractivity contribution in [3.8, 4) is 0 Å². The molecular weight excluding hydrogens is 318 g/mol. The van der Waals surface area contributed by atoms with Crippen molar-refractivity contribution < 1.29 is 19.4 Å². The molecule has 5 nitrogen and oxygen atoms in total. The van der Waals surface area contributed by atoms with Crippen LogP contribution in [-0.2, 0) is 9.53 Å². The molecule has 0 saturated carbocycles. The van der Waals surface area contributed by atoms with Crippen molar-refractivity contribution in [3.63, 3.8) is 0 Å². The van der Waals surface area contributed by atoms with Crippen LogP contribution in [0.2, 0.25) is 5.02 Å². The molecule has 0 aliphatic rings. The van der Waals surface area contributed by atoms with Gasteiger partial charge in [0.25, 0.3) is 0 Å². The van der Waals surface area contributed by atoms with Crippen molar-refractivity contribution in [1.82, 2.24) is 4.90 Å². The van der Waals surface area contributed by atoms with Gasteiger partial charge >= 0.3 is 6.09 Å². The number of benzene rings is 1. The highest BCUT2D eigenvalue weighted by atomic mass is 35.5. The Labute approximate surface area is 142 Å². The molecule has 1 aromatic rings. The second-order valence-corrected chi connectivity index (χ2v) is 7.09. The quantitative estimate of drug-likeness (QED) is 0.826. The van der Waals surface area contributed by atoms with Crippen molar-refractivity contribution in [2.24, 2.45) is 0 Å². The lowest BCUT2D eigenvalue weighted by Gasteiger charge is -2.33. The first-order valence-electron chi connectivity index (χ1n) is 7.47. The minimum Gasteiger partial charge on any atom is -0.549 e. The van der Waals surface area contributed by atoms with Crippen molar-refractivity contribution in [3.05, 3.63) is 34.9 Å². The van der Waals surface area contributed by atoms with Gasteiger partial charge in [-0.1, -0.05) is 23.7 Å². The van der Waals surface area contributed by atoms with Crippen LogP contribution in [0.3, 0.4) is 0 Å². The molecule has 23 heavy (non-hydrogen) atoms. The van der Waals surface area contributed by atoms with Gasteiger partial charge in [0.2, 0.25) is 0 Å². The fourth-order valence-corrected chi connectivity index (χ4v) is 2.15. The van der Waals surface area contributed by atoms with E-state index < -0.39 is 23.6 Å². The second-order valence-electron chi connectivity index (χ2n) is 6.65. The van der Waals surface area contributed by atoms with Crippen LogP contribution in [0.1, 0.15) is 46.1 Å². The van der Waals surface area contributed by atoms with Crippen LogP contribution in [0.25, 0.3) is 0 Å². The fourth-order valence-electron chi connectivity index (χ4n) is 2.02. The molecule has 1 rings (SSSR count). The lowest BCUT2D eigenvalue weighted by atomic mass is 9.98. The van der Waals surface area contributed by atoms with Gasteiger partial charge in [-0.15, -0.1) is 0 Å². The third-order valence-corrected chi connectivity index (χ3v) is 3.44. The van der Waals surface area contributed by atoms with Gasteiger partial charge in [-0.2, -0.15) is 0 Å². The van der Waals surface area contributed by atoms with E-state index in [0.29, 0.717) is 10.6 Å². The number of carboxylic acids is 1. The number of ether oxygens (including phenoxy) is 1. The van der Waals surface area contributed by atoms with E-state index in [1.807, 2.05) is 0 Å². The summed E-state index contributed by atoms with van der Waals surface area (Å²) >= 11 is 5.83. The molecular formula is C17H23ClNO4-. The van der Waals surface area contributed by atoms with E-state index in [0.717, 1.165) is 0 Å². The number of carboxylic acid groups (broad SMARTS) is 1. The van der Waals surface area contributed by atoms with E-state index in [1.165, 1.54) is 4.90 Å². The van der Waals surface area contributed by atoms with Gasteiger partial charge in [-0.3, -0.25) is 0 Å². The Balaban J connectivity index is 3.00. The van der Waals surface area contributed by atoms with Crippen molar-refractivity contribution in [2.45, 2.75) is 52.2 Å². The monoisotopic (exact) mass is 340 g/mol. The molecule has 0 N–H and O–H groups in total. The van der Waals surface area contributed by atoms with Crippen LogP contribution in [0.15, 0.2) is 24.3 Å². The number of aliphatic carboxylic acids is 1. The normalized spacial score (nSPS) is 12.8. The molecule has 0 fully saturated rings. The number of nitrogens with zero attached hydrogens (tertiary/aromatic N) is 1. The first-order valence-corrected chi connectivity index (χ1v) is 7.85. The molecule has 0 radical (unpaired) electrons. The van der Waals surface area contributed by atoms with Crippen LogP contribution >= 0.6 is 11.6 Å². The highest BCUT2D eigenvalue weighted by molar-refractivity contribution is 6.30. The number of hydrogen-bond donors (Lipinski definition) is 0. The second kappa shape index (κ2) is 7.68. The third kappa shape index (κ3) is 6.10. The number of carbonyl (C=O) groups is 2. The van der Waals surface area contributed by atoms with Crippen molar-refractivity contribution in [2.75, 3.05) is 6.54 Å². The van der Waals surface area contributed by atoms with Gasteiger partial charge in [0.15, 0.2) is 0 Å². The zero-order chi connectivity index (χ0) is 17.8. The zero-order valence-electron chi connectivity index (χ0n) is 14.1. The molecule has 1 amide bonds. The Hall–Kier alpha value is -1.75. The summed E-state index contributed by atoms with van der Waals surface area (Å²) in [4.78, 5) is 25.2. The maximum Gasteiger partial charge on any atom is 0.410 e. The van der Waals surface area contributed by atoms with Crippen LogP contribution < -0.4 is 5.11 Å². The van der Waals surface area contributed by atoms with E-state index in [-0.39, 0.29) is 12.6 Å². The molecule has 1 atom stereocenters. The molecule has 0 unspecified atom stereocenters. The smallest absolute Gasteiger partial charge is 0.410 e. The van der Waals surface area contributed by atoms with Crippen molar-refractivity contribution >= 4 is 23.7 Å². The minimum absolute atomic E-state index is 0.0312. The number of rotatable bonds is 5. The Morgan fingerprint density at radius 3 is 2.13 bits per heavy atom. The summed E-state index contributed by atoms with van der Waals surface area (Å²) in [7, 11) is 0. The molecule has 6 heteroatoms. The average Bonchev–Trinajstić information content (AvgIpc) is 2.38. The Morgan fingerprint density at radius 2 is 1.74 bits per heavy atom. The summed E-state index contributed by atoms with van der Waals surface area (Å²) < 4.78 is 5.35. The zero-order valence-corrected chi connectivity index (χ0v) is 14.9. The highest BCUT2D eigenvalue weighted by Gasteiger charge is 2.27. The molecule has 128 valence electrons. The van der Waals surface area contributed by atoms with Gasteiger partial charge in [0.1, 0.15) is 5.60 Å². The lowest BCUT2D eigenvalue weighted by molar-refractivity contribution is -0.308. The maximum absolute atomic E-state index is 12.3. The summed E-state index contributed by atoms with van der Waals surface area (Å²) in [6.07, 6.45) is -0.548. The molecule has 0 heterocycles. The molecule has 1 aromatic carbocycles. The van der Waals surface area contributed by atoms with E-state index in [9.17, 15) is 14.7 Å². The number of hydrogen-bond acceptors (Lipinski definition) is 4. The predicted octanol–water partition coefficient (Wildman–Crippen LogP) is 2.82. The van der Waals surface area contributed by atoms with E-state index in [4.69, 9.17) is 16.3 Å². The molecule has 0 aliphatic carbocycles. The van der Waals surface area contributed by atoms with E-state index in [2.05, 4.69) is 0 Å². The van der Waals surface area contributed by atoms with Gasteiger partial charge in [0, 0.05) is 23.5 Å². The molecule has 0 saturated heterocycles. The topological polar surface area (TPSA) is 69.7 Å². The Bertz CT molecular complexity index is 549.